The minimum Gasteiger partial charge on any atom is -0.438 e. The van der Waals surface area contributed by atoms with Crippen LogP contribution >= 0.6 is 15.9 Å². The van der Waals surface area contributed by atoms with Gasteiger partial charge in [-0.2, -0.15) is 0 Å². The van der Waals surface area contributed by atoms with Crippen molar-refractivity contribution in [3.63, 3.8) is 0 Å². The summed E-state index contributed by atoms with van der Waals surface area (Å²) in [6, 6.07) is 15.1. The van der Waals surface area contributed by atoms with Crippen LogP contribution in [0.4, 0.5) is 0 Å². The van der Waals surface area contributed by atoms with Gasteiger partial charge in [0, 0.05) is 10.7 Å². The van der Waals surface area contributed by atoms with Crippen LogP contribution in [-0.4, -0.2) is 11.3 Å². The number of hydrogen-bond acceptors (Lipinski definition) is 3. The molecule has 2 aromatic carbocycles. The first-order chi connectivity index (χ1) is 9.76. The first kappa shape index (κ1) is 12.8. The fourth-order valence-electron chi connectivity index (χ4n) is 1.95. The Morgan fingerprint density at radius 2 is 1.85 bits per heavy atom. The molecular weight excluding hydrogens is 318 g/mol. The minimum atomic E-state index is 0.318. The smallest absolute Gasteiger partial charge is 0.229 e. The van der Waals surface area contributed by atoms with Crippen molar-refractivity contribution in [3.8, 4) is 11.6 Å². The summed E-state index contributed by atoms with van der Waals surface area (Å²) in [7, 11) is 0. The molecule has 0 unspecified atom stereocenters. The van der Waals surface area contributed by atoms with Crippen molar-refractivity contribution in [1.82, 2.24) is 4.98 Å². The molecule has 0 bridgehead atoms. The quantitative estimate of drug-likeness (QED) is 0.660. The molecule has 4 heteroatoms. The molecule has 98 valence electrons. The van der Waals surface area contributed by atoms with E-state index in [4.69, 9.17) is 4.74 Å². The largest absolute Gasteiger partial charge is 0.438 e. The van der Waals surface area contributed by atoms with E-state index >= 15 is 0 Å². The number of aromatic nitrogens is 1. The second kappa shape index (κ2) is 5.43. The number of aldehydes is 1. The summed E-state index contributed by atoms with van der Waals surface area (Å²) in [6.45, 7) is 0. The summed E-state index contributed by atoms with van der Waals surface area (Å²) in [5.41, 5.74) is 0.434. The SMILES string of the molecule is O=Cc1cccnc1Oc1ccc2cc(Br)ccc2c1. The van der Waals surface area contributed by atoms with Crippen molar-refractivity contribution in [2.75, 3.05) is 0 Å². The Balaban J connectivity index is 1.98. The van der Waals surface area contributed by atoms with Gasteiger partial charge in [-0.15, -0.1) is 0 Å². The fourth-order valence-corrected chi connectivity index (χ4v) is 2.33. The number of pyridine rings is 1. The average Bonchev–Trinajstić information content (AvgIpc) is 2.48. The molecule has 3 rings (SSSR count). The molecule has 3 aromatic rings. The van der Waals surface area contributed by atoms with Crippen LogP contribution in [0.3, 0.4) is 0 Å². The number of fused-ring (bicyclic) bond motifs is 1. The van der Waals surface area contributed by atoms with Crippen molar-refractivity contribution in [2.45, 2.75) is 0 Å². The van der Waals surface area contributed by atoms with E-state index in [1.54, 1.807) is 18.3 Å². The van der Waals surface area contributed by atoms with Gasteiger partial charge in [0.1, 0.15) is 5.75 Å². The summed E-state index contributed by atoms with van der Waals surface area (Å²) in [4.78, 5) is 15.0. The lowest BCUT2D eigenvalue weighted by atomic mass is 10.1. The first-order valence-corrected chi connectivity index (χ1v) is 6.83. The van der Waals surface area contributed by atoms with Crippen LogP contribution in [0.5, 0.6) is 11.6 Å². The maximum atomic E-state index is 10.9. The van der Waals surface area contributed by atoms with E-state index in [1.165, 1.54) is 0 Å². The second-order valence-electron chi connectivity index (χ2n) is 4.27. The molecule has 0 atom stereocenters. The van der Waals surface area contributed by atoms with Crippen LogP contribution in [0.2, 0.25) is 0 Å². The zero-order valence-electron chi connectivity index (χ0n) is 10.4. The third-order valence-electron chi connectivity index (χ3n) is 2.92. The maximum Gasteiger partial charge on any atom is 0.229 e. The standard InChI is InChI=1S/C16H10BrNO2/c17-14-5-3-12-9-15(6-4-11(12)8-14)20-16-13(10-19)2-1-7-18-16/h1-10H. The Morgan fingerprint density at radius 3 is 2.70 bits per heavy atom. The third kappa shape index (κ3) is 2.56. The van der Waals surface area contributed by atoms with E-state index in [9.17, 15) is 4.79 Å². The highest BCUT2D eigenvalue weighted by molar-refractivity contribution is 9.10. The lowest BCUT2D eigenvalue weighted by Gasteiger charge is -2.07. The molecule has 1 aromatic heterocycles. The number of carbonyl (C=O) groups is 1. The van der Waals surface area contributed by atoms with Gasteiger partial charge in [-0.05, 0) is 47.2 Å². The Kier molecular flexibility index (Phi) is 3.48. The summed E-state index contributed by atoms with van der Waals surface area (Å²) in [6.07, 6.45) is 2.33. The van der Waals surface area contributed by atoms with Crippen molar-refractivity contribution < 1.29 is 9.53 Å². The number of carbonyl (C=O) groups excluding carboxylic acids is 1. The molecule has 0 spiro atoms. The van der Waals surface area contributed by atoms with Gasteiger partial charge < -0.3 is 4.74 Å². The second-order valence-corrected chi connectivity index (χ2v) is 5.19. The minimum absolute atomic E-state index is 0.318. The van der Waals surface area contributed by atoms with E-state index in [-0.39, 0.29) is 0 Å². The Morgan fingerprint density at radius 1 is 1.05 bits per heavy atom. The molecule has 0 amide bonds. The molecule has 0 radical (unpaired) electrons. The molecule has 3 nitrogen and oxygen atoms in total. The molecule has 0 aliphatic rings. The van der Waals surface area contributed by atoms with Crippen LogP contribution in [-0.2, 0) is 0 Å². The highest BCUT2D eigenvalue weighted by atomic mass is 79.9. The molecular formula is C16H10BrNO2. The molecule has 0 saturated heterocycles. The van der Waals surface area contributed by atoms with Gasteiger partial charge >= 0.3 is 0 Å². The lowest BCUT2D eigenvalue weighted by molar-refractivity contribution is 0.112. The average molecular weight is 328 g/mol. The highest BCUT2D eigenvalue weighted by Crippen LogP contribution is 2.27. The maximum absolute atomic E-state index is 10.9. The number of hydrogen-bond donors (Lipinski definition) is 0. The number of halogens is 1. The number of rotatable bonds is 3. The lowest BCUT2D eigenvalue weighted by Crippen LogP contribution is -1.93. The van der Waals surface area contributed by atoms with Crippen LogP contribution in [0.15, 0.2) is 59.2 Å². The summed E-state index contributed by atoms with van der Waals surface area (Å²) in [5, 5.41) is 2.18. The Bertz CT molecular complexity index is 786. The summed E-state index contributed by atoms with van der Waals surface area (Å²) < 4.78 is 6.72. The predicted octanol–water partition coefficient (Wildman–Crippen LogP) is 4.60. The van der Waals surface area contributed by atoms with Crippen molar-refractivity contribution >= 4 is 33.0 Å². The van der Waals surface area contributed by atoms with Gasteiger partial charge in [0.25, 0.3) is 0 Å². The monoisotopic (exact) mass is 327 g/mol. The number of benzene rings is 2. The summed E-state index contributed by atoms with van der Waals surface area (Å²) >= 11 is 3.44. The van der Waals surface area contributed by atoms with Crippen LogP contribution in [0.25, 0.3) is 10.8 Å². The van der Waals surface area contributed by atoms with Gasteiger partial charge in [-0.1, -0.05) is 28.1 Å². The Hall–Kier alpha value is -2.20. The summed E-state index contributed by atoms with van der Waals surface area (Å²) in [5.74, 6) is 0.973. The van der Waals surface area contributed by atoms with Crippen molar-refractivity contribution in [1.29, 1.82) is 0 Å². The third-order valence-corrected chi connectivity index (χ3v) is 3.41. The molecule has 20 heavy (non-hydrogen) atoms. The van der Waals surface area contributed by atoms with Crippen molar-refractivity contribution in [2.24, 2.45) is 0 Å². The molecule has 0 saturated carbocycles. The van der Waals surface area contributed by atoms with E-state index in [0.29, 0.717) is 17.2 Å². The van der Waals surface area contributed by atoms with Gasteiger partial charge in [0.2, 0.25) is 5.88 Å². The molecule has 1 heterocycles. The zero-order valence-corrected chi connectivity index (χ0v) is 12.0. The molecule has 0 aliphatic heterocycles. The molecule has 0 fully saturated rings. The molecule has 0 aliphatic carbocycles. The zero-order chi connectivity index (χ0) is 13.9. The predicted molar refractivity (Wildman–Crippen MR) is 81.3 cm³/mol. The number of nitrogens with zero attached hydrogens (tertiary/aromatic N) is 1. The Labute approximate surface area is 124 Å². The van der Waals surface area contributed by atoms with Gasteiger partial charge in [-0.25, -0.2) is 4.98 Å². The van der Waals surface area contributed by atoms with Crippen LogP contribution in [0, 0.1) is 0 Å². The van der Waals surface area contributed by atoms with E-state index in [2.05, 4.69) is 20.9 Å². The first-order valence-electron chi connectivity index (χ1n) is 6.03. The van der Waals surface area contributed by atoms with Crippen LogP contribution in [0.1, 0.15) is 10.4 Å². The van der Waals surface area contributed by atoms with Gasteiger partial charge in [0.15, 0.2) is 6.29 Å². The van der Waals surface area contributed by atoms with E-state index < -0.39 is 0 Å². The topological polar surface area (TPSA) is 39.2 Å². The molecule has 0 N–H and O–H groups in total. The highest BCUT2D eigenvalue weighted by Gasteiger charge is 2.05. The fraction of sp³-hybridized carbons (Fsp3) is 0. The van der Waals surface area contributed by atoms with Gasteiger partial charge in [-0.3, -0.25) is 4.79 Å². The van der Waals surface area contributed by atoms with E-state index in [1.807, 2.05) is 36.4 Å². The van der Waals surface area contributed by atoms with Crippen LogP contribution < -0.4 is 4.74 Å². The van der Waals surface area contributed by atoms with Gasteiger partial charge in [0.05, 0.1) is 5.56 Å². The number of ether oxygens (including phenoxy) is 1. The van der Waals surface area contributed by atoms with E-state index in [0.717, 1.165) is 21.5 Å². The van der Waals surface area contributed by atoms with Crippen molar-refractivity contribution in [3.05, 3.63) is 64.8 Å². The normalized spacial score (nSPS) is 10.4.